The Morgan fingerprint density at radius 2 is 1.05 bits per heavy atom. The van der Waals surface area contributed by atoms with Crippen LogP contribution in [0.5, 0.6) is 0 Å². The molecule has 0 amide bonds. The van der Waals surface area contributed by atoms with E-state index in [0.717, 1.165) is 38.5 Å². The molecule has 130 valence electrons. The van der Waals surface area contributed by atoms with Gasteiger partial charge >= 0.3 is 0 Å². The molecule has 0 bridgehead atoms. The summed E-state index contributed by atoms with van der Waals surface area (Å²) in [4.78, 5) is 23.5. The van der Waals surface area contributed by atoms with E-state index in [-0.39, 0.29) is 11.6 Å². The van der Waals surface area contributed by atoms with Crippen LogP contribution in [0.25, 0.3) is 0 Å². The van der Waals surface area contributed by atoms with E-state index in [1.807, 2.05) is 0 Å². The van der Waals surface area contributed by atoms with Crippen LogP contribution in [0.15, 0.2) is 0 Å². The Hall–Kier alpha value is 2.70. The van der Waals surface area contributed by atoms with Crippen molar-refractivity contribution in [1.82, 2.24) is 0 Å². The molecule has 9 heteroatoms. The van der Waals surface area contributed by atoms with Gasteiger partial charge in [-0.2, -0.15) is 0 Å². The molecule has 0 fully saturated rings. The fourth-order valence-corrected chi connectivity index (χ4v) is 6.05. The van der Waals surface area contributed by atoms with Crippen molar-refractivity contribution in [2.75, 3.05) is 0 Å². The zero-order valence-corrected chi connectivity index (χ0v) is 23.0. The molecule has 0 unspecified atom stereocenters. The summed E-state index contributed by atoms with van der Waals surface area (Å²) in [6.45, 7) is 1.57. The number of alkyl halides is 7. The van der Waals surface area contributed by atoms with Crippen molar-refractivity contribution >= 4 is 123 Å². The van der Waals surface area contributed by atoms with Gasteiger partial charge in [0, 0.05) is 0 Å². The topological polar surface area (TPSA) is 34.1 Å². The summed E-state index contributed by atoms with van der Waals surface area (Å²) < 4.78 is -2.23. The van der Waals surface area contributed by atoms with Gasteiger partial charge in [0.15, 0.2) is 13.7 Å². The van der Waals surface area contributed by atoms with Crippen molar-refractivity contribution in [1.29, 1.82) is 0 Å². The molecular formula is C13H17Br7O2. The summed E-state index contributed by atoms with van der Waals surface area (Å²) in [7, 11) is 0. The van der Waals surface area contributed by atoms with Crippen LogP contribution < -0.4 is 0 Å². The van der Waals surface area contributed by atoms with Crippen molar-refractivity contribution in [3.05, 3.63) is 0 Å². The molecule has 0 aliphatic carbocycles. The molecule has 0 saturated heterocycles. The van der Waals surface area contributed by atoms with Gasteiger partial charge < -0.3 is 0 Å². The van der Waals surface area contributed by atoms with Crippen molar-refractivity contribution in [2.45, 2.75) is 60.5 Å². The Bertz CT molecular complexity index is 388. The number of Topliss-reactive ketones (excluding diaryl/α,β-unsaturated/α-hetero) is 2. The number of ketones is 2. The normalized spacial score (nSPS) is 13.3. The lowest BCUT2D eigenvalue weighted by atomic mass is 10.1. The minimum absolute atomic E-state index is 0.0650. The quantitative estimate of drug-likeness (QED) is 0.169. The maximum atomic E-state index is 12.2. The highest BCUT2D eigenvalue weighted by Crippen LogP contribution is 2.45. The largest absolute Gasteiger partial charge is 0.297 e. The Balaban J connectivity index is 3.91. The first-order valence-corrected chi connectivity index (χ1v) is 12.2. The van der Waals surface area contributed by atoms with E-state index in [9.17, 15) is 9.59 Å². The number of rotatable bonds is 10. The van der Waals surface area contributed by atoms with Gasteiger partial charge in [-0.1, -0.05) is 144 Å². The number of hydrogen-bond donors (Lipinski definition) is 0. The third-order valence-corrected chi connectivity index (χ3v) is 7.59. The fraction of sp³-hybridized carbons (Fsp3) is 0.846. The number of halogens is 7. The molecular weight excluding hydrogens is 747 g/mol. The van der Waals surface area contributed by atoms with Gasteiger partial charge in [-0.15, -0.1) is 0 Å². The van der Waals surface area contributed by atoms with Gasteiger partial charge in [-0.3, -0.25) is 9.59 Å². The van der Waals surface area contributed by atoms with E-state index in [1.54, 1.807) is 6.92 Å². The van der Waals surface area contributed by atoms with E-state index < -0.39 is 8.61 Å². The van der Waals surface area contributed by atoms with Gasteiger partial charge in [0.25, 0.3) is 0 Å². The van der Waals surface area contributed by atoms with E-state index in [0.29, 0.717) is 6.42 Å². The highest BCUT2D eigenvalue weighted by atomic mass is 80.0. The monoisotopic (exact) mass is 758 g/mol. The zero-order valence-electron chi connectivity index (χ0n) is 11.9. The Morgan fingerprint density at radius 1 is 0.682 bits per heavy atom. The minimum atomic E-state index is -0.915. The van der Waals surface area contributed by atoms with Gasteiger partial charge in [-0.05, 0) is 19.8 Å². The predicted molar refractivity (Wildman–Crippen MR) is 119 cm³/mol. The van der Waals surface area contributed by atoms with E-state index >= 15 is 0 Å². The lowest BCUT2D eigenvalue weighted by molar-refractivity contribution is -0.118. The SMILES string of the molecule is CC(=O)C(Br)(Br)CCCCCCCC(Br)(Br)C(=O)C(Br)(Br)Br. The predicted octanol–water partition coefficient (Wildman–Crippen LogP) is 7.69. The second kappa shape index (κ2) is 10.8. The number of carbonyl (C=O) groups excluding carboxylic acids is 2. The molecule has 0 radical (unpaired) electrons. The molecule has 0 aromatic rings. The van der Waals surface area contributed by atoms with Crippen molar-refractivity contribution in [3.63, 3.8) is 0 Å². The Morgan fingerprint density at radius 3 is 1.41 bits per heavy atom. The van der Waals surface area contributed by atoms with E-state index in [4.69, 9.17) is 0 Å². The molecule has 0 heterocycles. The summed E-state index contributed by atoms with van der Waals surface area (Å²) in [5, 5.41) is 0. The zero-order chi connectivity index (χ0) is 17.6. The van der Waals surface area contributed by atoms with Crippen molar-refractivity contribution in [3.8, 4) is 0 Å². The lowest BCUT2D eigenvalue weighted by Crippen LogP contribution is -2.34. The maximum absolute atomic E-state index is 12.2. The number of carbonyl (C=O) groups is 2. The number of unbranched alkanes of at least 4 members (excludes halogenated alkanes) is 4. The minimum Gasteiger partial charge on any atom is -0.297 e. The third-order valence-electron chi connectivity index (χ3n) is 3.09. The van der Waals surface area contributed by atoms with Crippen LogP contribution in [0.3, 0.4) is 0 Å². The first-order valence-electron chi connectivity index (χ1n) is 6.69. The van der Waals surface area contributed by atoms with Gasteiger partial charge in [-0.25, -0.2) is 0 Å². The van der Waals surface area contributed by atoms with E-state index in [2.05, 4.69) is 112 Å². The summed E-state index contributed by atoms with van der Waals surface area (Å²) in [5.74, 6) is 0.0296. The molecule has 22 heavy (non-hydrogen) atoms. The Labute approximate surface area is 191 Å². The highest BCUT2D eigenvalue weighted by molar-refractivity contribution is 9.40. The average Bonchev–Trinajstić information content (AvgIpc) is 2.35. The van der Waals surface area contributed by atoms with Crippen LogP contribution in [0, 0.1) is 0 Å². The molecule has 0 aromatic carbocycles. The van der Waals surface area contributed by atoms with Crippen molar-refractivity contribution in [2.24, 2.45) is 0 Å². The fourth-order valence-electron chi connectivity index (χ4n) is 1.72. The molecule has 0 aliphatic heterocycles. The molecule has 0 atom stereocenters. The average molecular weight is 765 g/mol. The molecule has 0 aliphatic rings. The second-order valence-electron chi connectivity index (χ2n) is 5.06. The van der Waals surface area contributed by atoms with Crippen LogP contribution >= 0.6 is 112 Å². The first kappa shape index (κ1) is 24.7. The second-order valence-corrected chi connectivity index (χ2v) is 19.4. The molecule has 0 aromatic heterocycles. The van der Waals surface area contributed by atoms with Crippen LogP contribution in [0.2, 0.25) is 0 Å². The van der Waals surface area contributed by atoms with Crippen molar-refractivity contribution < 1.29 is 9.59 Å². The Kier molecular flexibility index (Phi) is 12.1. The van der Waals surface area contributed by atoms with Gasteiger partial charge in [0.05, 0.1) is 0 Å². The molecule has 0 saturated carbocycles. The summed E-state index contributed by atoms with van der Waals surface area (Å²) in [5.41, 5.74) is 0. The smallest absolute Gasteiger partial charge is 0.198 e. The van der Waals surface area contributed by atoms with Gasteiger partial charge in [0.1, 0.15) is 6.47 Å². The lowest BCUT2D eigenvalue weighted by Gasteiger charge is -2.23. The molecule has 0 rings (SSSR count). The molecule has 0 N–H and O–H groups in total. The van der Waals surface area contributed by atoms with Crippen LogP contribution in [0.4, 0.5) is 0 Å². The summed E-state index contributed by atoms with van der Waals surface area (Å²) in [6.07, 6.45) is 6.59. The maximum Gasteiger partial charge on any atom is 0.198 e. The van der Waals surface area contributed by atoms with Crippen LogP contribution in [-0.4, -0.2) is 20.2 Å². The van der Waals surface area contributed by atoms with E-state index in [1.165, 1.54) is 0 Å². The highest BCUT2D eigenvalue weighted by Gasteiger charge is 2.43. The first-order chi connectivity index (χ1) is 9.81. The number of hydrogen-bond acceptors (Lipinski definition) is 2. The molecule has 2 nitrogen and oxygen atoms in total. The summed E-state index contributed by atoms with van der Waals surface area (Å²) in [6, 6.07) is 0. The van der Waals surface area contributed by atoms with Crippen LogP contribution in [0.1, 0.15) is 51.9 Å². The summed E-state index contributed by atoms with van der Waals surface area (Å²) >= 11 is 23.4. The third kappa shape index (κ3) is 10.00. The standard InChI is InChI=1S/C13H17Br7O2/c1-9(21)11(14,15)7-5-3-2-4-6-8-12(16,17)10(22)13(18,19)20/h2-8H2,1H3. The van der Waals surface area contributed by atoms with Gasteiger partial charge in [0.2, 0.25) is 0 Å². The van der Waals surface area contributed by atoms with Crippen LogP contribution in [-0.2, 0) is 9.59 Å². The molecule has 0 spiro atoms.